The largest absolute Gasteiger partial charge is 0.383 e. The van der Waals surface area contributed by atoms with Crippen LogP contribution in [0.15, 0.2) is 38.9 Å². The van der Waals surface area contributed by atoms with Gasteiger partial charge in [-0.3, -0.25) is 14.5 Å². The first kappa shape index (κ1) is 30.6. The van der Waals surface area contributed by atoms with Gasteiger partial charge in [0.05, 0.1) is 25.8 Å². The molecular formula is C32H41Br2ClN4O3. The van der Waals surface area contributed by atoms with E-state index in [1.54, 1.807) is 0 Å². The first-order chi connectivity index (χ1) is 20.4. The zero-order valence-corrected chi connectivity index (χ0v) is 28.1. The van der Waals surface area contributed by atoms with E-state index < -0.39 is 0 Å². The Bertz CT molecular complexity index is 1230. The minimum Gasteiger partial charge on any atom is -0.383 e. The van der Waals surface area contributed by atoms with E-state index in [1.165, 1.54) is 16.7 Å². The van der Waals surface area contributed by atoms with Gasteiger partial charge < -0.3 is 19.9 Å². The van der Waals surface area contributed by atoms with Crippen molar-refractivity contribution in [2.75, 3.05) is 59.0 Å². The number of dihydropyridines is 1. The van der Waals surface area contributed by atoms with Crippen molar-refractivity contribution in [3.8, 4) is 0 Å². The predicted octanol–water partition coefficient (Wildman–Crippen LogP) is 5.47. The molecule has 1 aromatic rings. The first-order valence-corrected chi connectivity index (χ1v) is 17.5. The molecule has 4 aliphatic heterocycles. The van der Waals surface area contributed by atoms with Crippen LogP contribution in [0, 0.1) is 11.8 Å². The van der Waals surface area contributed by atoms with Crippen LogP contribution in [-0.4, -0.2) is 91.6 Å². The van der Waals surface area contributed by atoms with Gasteiger partial charge in [-0.25, -0.2) is 0 Å². The lowest BCUT2D eigenvalue weighted by atomic mass is 9.73. The molecule has 4 heterocycles. The summed E-state index contributed by atoms with van der Waals surface area (Å²) in [5.41, 5.74) is 4.15. The third kappa shape index (κ3) is 6.96. The number of hydrogen-bond donors (Lipinski definition) is 1. The highest BCUT2D eigenvalue weighted by Crippen LogP contribution is 2.47. The number of benzene rings is 1. The minimum atomic E-state index is 0.214. The molecule has 2 atom stereocenters. The Morgan fingerprint density at radius 3 is 2.36 bits per heavy atom. The smallest absolute Gasteiger partial charge is 0.236 e. The van der Waals surface area contributed by atoms with Gasteiger partial charge in [0, 0.05) is 71.8 Å². The molecule has 6 rings (SSSR count). The SMILES string of the molecule is O=C(CC1CCN(C(=O)CN2CCOCC2)CC1)N1CCC(C2c3c(Br)cc(Cl)cc3CCC3=CC(Br)=CNC32)CC1. The lowest BCUT2D eigenvalue weighted by Gasteiger charge is -2.41. The number of aryl methyl sites for hydroxylation is 1. The Morgan fingerprint density at radius 2 is 1.62 bits per heavy atom. The number of nitrogens with zero attached hydrogens (tertiary/aromatic N) is 3. The normalized spacial score (nSPS) is 26.0. The molecule has 10 heteroatoms. The number of ether oxygens (including phenoxy) is 1. The van der Waals surface area contributed by atoms with E-state index in [-0.39, 0.29) is 17.9 Å². The number of halogens is 3. The van der Waals surface area contributed by atoms with Gasteiger partial charge in [-0.15, -0.1) is 0 Å². The molecule has 0 saturated carbocycles. The number of fused-ring (bicyclic) bond motifs is 2. The van der Waals surface area contributed by atoms with Crippen molar-refractivity contribution in [2.24, 2.45) is 11.8 Å². The second-order valence-electron chi connectivity index (χ2n) is 12.5. The number of piperidine rings is 2. The quantitative estimate of drug-likeness (QED) is 0.437. The molecule has 2 amide bonds. The molecule has 2 unspecified atom stereocenters. The van der Waals surface area contributed by atoms with E-state index in [2.05, 4.69) is 65.3 Å². The molecule has 1 N–H and O–H groups in total. The molecule has 228 valence electrons. The number of carbonyl (C=O) groups excluding carboxylic acids is 2. The van der Waals surface area contributed by atoms with Crippen molar-refractivity contribution in [1.29, 1.82) is 0 Å². The molecular weight excluding hydrogens is 684 g/mol. The van der Waals surface area contributed by atoms with Crippen LogP contribution in [0.25, 0.3) is 0 Å². The summed E-state index contributed by atoms with van der Waals surface area (Å²) in [6.45, 7) is 6.70. The zero-order chi connectivity index (χ0) is 29.2. The summed E-state index contributed by atoms with van der Waals surface area (Å²) in [5, 5.41) is 4.49. The van der Waals surface area contributed by atoms with Crippen LogP contribution in [0.1, 0.15) is 55.6 Å². The van der Waals surface area contributed by atoms with Crippen molar-refractivity contribution < 1.29 is 14.3 Å². The Hall–Kier alpha value is -1.39. The van der Waals surface area contributed by atoms with Gasteiger partial charge in [0.1, 0.15) is 0 Å². The highest BCUT2D eigenvalue weighted by atomic mass is 79.9. The maximum absolute atomic E-state index is 13.4. The second-order valence-corrected chi connectivity index (χ2v) is 14.7. The zero-order valence-electron chi connectivity index (χ0n) is 24.1. The summed E-state index contributed by atoms with van der Waals surface area (Å²) in [6.07, 6.45) is 10.8. The average molecular weight is 725 g/mol. The maximum Gasteiger partial charge on any atom is 0.236 e. The summed E-state index contributed by atoms with van der Waals surface area (Å²) in [5.74, 6) is 1.64. The Balaban J connectivity index is 1.04. The van der Waals surface area contributed by atoms with Crippen molar-refractivity contribution >= 4 is 55.3 Å². The number of carbonyl (C=O) groups is 2. The molecule has 5 aliphatic rings. The molecule has 0 bridgehead atoms. The van der Waals surface area contributed by atoms with Gasteiger partial charge in [-0.05, 0) is 101 Å². The van der Waals surface area contributed by atoms with E-state index in [0.29, 0.717) is 43.9 Å². The molecule has 3 saturated heterocycles. The number of nitrogens with one attached hydrogen (secondary N) is 1. The Labute approximate surface area is 271 Å². The van der Waals surface area contributed by atoms with E-state index in [0.717, 1.165) is 91.8 Å². The van der Waals surface area contributed by atoms with Crippen LogP contribution in [0.4, 0.5) is 0 Å². The van der Waals surface area contributed by atoms with E-state index in [1.807, 2.05) is 11.0 Å². The minimum absolute atomic E-state index is 0.214. The van der Waals surface area contributed by atoms with Crippen molar-refractivity contribution in [2.45, 2.75) is 56.9 Å². The molecule has 0 spiro atoms. The van der Waals surface area contributed by atoms with E-state index in [9.17, 15) is 9.59 Å². The lowest BCUT2D eigenvalue weighted by molar-refractivity contribution is -0.136. The maximum atomic E-state index is 13.4. The summed E-state index contributed by atoms with van der Waals surface area (Å²) < 4.78 is 7.58. The number of allylic oxidation sites excluding steroid dienone is 2. The fourth-order valence-corrected chi connectivity index (χ4v) is 9.20. The molecule has 0 aromatic heterocycles. The summed E-state index contributed by atoms with van der Waals surface area (Å²) in [6, 6.07) is 4.43. The van der Waals surface area contributed by atoms with Crippen LogP contribution < -0.4 is 5.32 Å². The highest BCUT2D eigenvalue weighted by Gasteiger charge is 2.40. The van der Waals surface area contributed by atoms with Crippen LogP contribution >= 0.6 is 43.5 Å². The highest BCUT2D eigenvalue weighted by molar-refractivity contribution is 9.12. The average Bonchev–Trinajstić information content (AvgIpc) is 3.15. The second kappa shape index (κ2) is 13.7. The standard InChI is InChI=1S/C32H41Br2ClN4O3/c33-25-16-24-2-1-23-17-26(35)18-27(34)30(23)31(32(24)36-19-25)22-5-9-38(10-6-22)28(40)15-21-3-7-39(8-4-21)29(41)20-37-11-13-42-14-12-37/h16-19,21-22,31-32,36H,1-15,20H2. The van der Waals surface area contributed by atoms with Crippen LogP contribution in [0.5, 0.6) is 0 Å². The number of rotatable bonds is 5. The van der Waals surface area contributed by atoms with Gasteiger partial charge >= 0.3 is 0 Å². The van der Waals surface area contributed by atoms with Gasteiger partial charge in [-0.2, -0.15) is 0 Å². The fraction of sp³-hybridized carbons (Fsp3) is 0.625. The first-order valence-electron chi connectivity index (χ1n) is 15.5. The number of morpholine rings is 1. The molecule has 0 radical (unpaired) electrons. The summed E-state index contributed by atoms with van der Waals surface area (Å²) in [4.78, 5) is 32.5. The van der Waals surface area contributed by atoms with Gasteiger partial charge in [-0.1, -0.05) is 27.5 Å². The molecule has 3 fully saturated rings. The monoisotopic (exact) mass is 722 g/mol. The number of amides is 2. The fourth-order valence-electron chi connectivity index (χ4n) is 7.64. The van der Waals surface area contributed by atoms with Crippen LogP contribution in [0.2, 0.25) is 5.02 Å². The number of likely N-dealkylation sites (tertiary alicyclic amines) is 2. The van der Waals surface area contributed by atoms with Gasteiger partial charge in [0.15, 0.2) is 0 Å². The van der Waals surface area contributed by atoms with Crippen molar-refractivity contribution in [3.05, 3.63) is 55.1 Å². The summed E-state index contributed by atoms with van der Waals surface area (Å²) in [7, 11) is 0. The molecule has 1 aliphatic carbocycles. The molecule has 7 nitrogen and oxygen atoms in total. The molecule has 1 aromatic carbocycles. The molecule has 42 heavy (non-hydrogen) atoms. The third-order valence-electron chi connectivity index (χ3n) is 9.97. The van der Waals surface area contributed by atoms with Gasteiger partial charge in [0.2, 0.25) is 11.8 Å². The van der Waals surface area contributed by atoms with Crippen molar-refractivity contribution in [3.63, 3.8) is 0 Å². The van der Waals surface area contributed by atoms with Crippen LogP contribution in [-0.2, 0) is 20.7 Å². The van der Waals surface area contributed by atoms with Crippen LogP contribution in [0.3, 0.4) is 0 Å². The van der Waals surface area contributed by atoms with Gasteiger partial charge in [0.25, 0.3) is 0 Å². The summed E-state index contributed by atoms with van der Waals surface area (Å²) >= 11 is 14.0. The lowest BCUT2D eigenvalue weighted by Crippen LogP contribution is -2.47. The number of hydrogen-bond acceptors (Lipinski definition) is 5. The topological polar surface area (TPSA) is 65.1 Å². The third-order valence-corrected chi connectivity index (χ3v) is 11.3. The van der Waals surface area contributed by atoms with Crippen molar-refractivity contribution in [1.82, 2.24) is 20.0 Å². The van der Waals surface area contributed by atoms with E-state index in [4.69, 9.17) is 16.3 Å². The Morgan fingerprint density at radius 1 is 0.929 bits per heavy atom. The Kier molecular flexibility index (Phi) is 10.0. The predicted molar refractivity (Wildman–Crippen MR) is 173 cm³/mol. The van der Waals surface area contributed by atoms with E-state index >= 15 is 0 Å².